The summed E-state index contributed by atoms with van der Waals surface area (Å²) in [6, 6.07) is 8.12. The van der Waals surface area contributed by atoms with Crippen LogP contribution in [0.3, 0.4) is 0 Å². The number of ether oxygens (including phenoxy) is 1. The highest BCUT2D eigenvalue weighted by molar-refractivity contribution is 7.07. The second-order valence-electron chi connectivity index (χ2n) is 4.67. The lowest BCUT2D eigenvalue weighted by Gasteiger charge is -2.10. The summed E-state index contributed by atoms with van der Waals surface area (Å²) in [7, 11) is 0. The first-order valence-electron chi connectivity index (χ1n) is 6.92. The Hall–Kier alpha value is -1.03. The molecule has 0 bridgehead atoms. The third kappa shape index (κ3) is 4.82. The summed E-state index contributed by atoms with van der Waals surface area (Å²) in [6.07, 6.45) is 2.05. The number of thiophene rings is 1. The molecule has 2 aromatic rings. The normalized spacial score (nSPS) is 10.7. The molecule has 108 valence electrons. The molecule has 0 aliphatic heterocycles. The highest BCUT2D eigenvalue weighted by Crippen LogP contribution is 2.25. The van der Waals surface area contributed by atoms with Crippen LogP contribution in [0.5, 0.6) is 5.75 Å². The van der Waals surface area contributed by atoms with Crippen molar-refractivity contribution in [2.24, 2.45) is 0 Å². The third-order valence-corrected chi connectivity index (χ3v) is 4.01. The highest BCUT2D eigenvalue weighted by Gasteiger charge is 2.03. The monoisotopic (exact) mass is 309 g/mol. The van der Waals surface area contributed by atoms with Crippen molar-refractivity contribution in [3.63, 3.8) is 0 Å². The van der Waals surface area contributed by atoms with E-state index in [-0.39, 0.29) is 0 Å². The summed E-state index contributed by atoms with van der Waals surface area (Å²) in [5.74, 6) is 0.765. The van der Waals surface area contributed by atoms with Gasteiger partial charge < -0.3 is 10.1 Å². The SMILES string of the molecule is CCCNCc1ccc(OCCc2ccsc2)c(Cl)c1. The first kappa shape index (κ1) is 15.4. The largest absolute Gasteiger partial charge is 0.492 e. The van der Waals surface area contributed by atoms with Gasteiger partial charge in [0.2, 0.25) is 0 Å². The van der Waals surface area contributed by atoms with Gasteiger partial charge in [0.05, 0.1) is 11.6 Å². The number of hydrogen-bond acceptors (Lipinski definition) is 3. The second kappa shape index (κ2) is 8.30. The molecule has 0 saturated carbocycles. The molecule has 1 heterocycles. The quantitative estimate of drug-likeness (QED) is 0.724. The zero-order valence-electron chi connectivity index (χ0n) is 11.7. The topological polar surface area (TPSA) is 21.3 Å². The van der Waals surface area contributed by atoms with Gasteiger partial charge in [0.15, 0.2) is 0 Å². The van der Waals surface area contributed by atoms with Gasteiger partial charge in [0.1, 0.15) is 5.75 Å². The van der Waals surface area contributed by atoms with Crippen LogP contribution in [0.4, 0.5) is 0 Å². The third-order valence-electron chi connectivity index (χ3n) is 2.98. The van der Waals surface area contributed by atoms with Gasteiger partial charge in [-0.15, -0.1) is 0 Å². The van der Waals surface area contributed by atoms with Crippen LogP contribution in [0.2, 0.25) is 5.02 Å². The van der Waals surface area contributed by atoms with Crippen molar-refractivity contribution in [3.8, 4) is 5.75 Å². The molecule has 0 spiro atoms. The summed E-state index contributed by atoms with van der Waals surface area (Å²) in [6.45, 7) is 4.69. The molecule has 0 radical (unpaired) electrons. The van der Waals surface area contributed by atoms with Gasteiger partial charge in [-0.1, -0.05) is 24.6 Å². The molecule has 20 heavy (non-hydrogen) atoms. The lowest BCUT2D eigenvalue weighted by atomic mass is 10.2. The predicted octanol–water partition coefficient (Wildman–Crippen LogP) is 4.52. The Bertz CT molecular complexity index is 513. The molecule has 0 aliphatic carbocycles. The van der Waals surface area contributed by atoms with E-state index in [1.807, 2.05) is 12.1 Å². The summed E-state index contributed by atoms with van der Waals surface area (Å²) in [4.78, 5) is 0. The lowest BCUT2D eigenvalue weighted by molar-refractivity contribution is 0.322. The number of rotatable bonds is 8. The van der Waals surface area contributed by atoms with Crippen molar-refractivity contribution < 1.29 is 4.74 Å². The maximum Gasteiger partial charge on any atom is 0.137 e. The van der Waals surface area contributed by atoms with Gasteiger partial charge in [-0.2, -0.15) is 11.3 Å². The van der Waals surface area contributed by atoms with Crippen molar-refractivity contribution in [3.05, 3.63) is 51.2 Å². The molecule has 0 atom stereocenters. The fourth-order valence-electron chi connectivity index (χ4n) is 1.89. The zero-order valence-corrected chi connectivity index (χ0v) is 13.3. The number of benzene rings is 1. The van der Waals surface area contributed by atoms with Crippen molar-refractivity contribution in [2.45, 2.75) is 26.3 Å². The minimum absolute atomic E-state index is 0.657. The molecule has 0 saturated heterocycles. The maximum atomic E-state index is 6.25. The Kier molecular flexibility index (Phi) is 6.37. The highest BCUT2D eigenvalue weighted by atomic mass is 35.5. The minimum atomic E-state index is 0.657. The Morgan fingerprint density at radius 1 is 1.25 bits per heavy atom. The van der Waals surface area contributed by atoms with E-state index >= 15 is 0 Å². The van der Waals surface area contributed by atoms with Crippen molar-refractivity contribution in [1.29, 1.82) is 0 Å². The Morgan fingerprint density at radius 2 is 2.15 bits per heavy atom. The van der Waals surface area contributed by atoms with E-state index in [2.05, 4.69) is 35.1 Å². The van der Waals surface area contributed by atoms with E-state index in [1.54, 1.807) is 11.3 Å². The van der Waals surface area contributed by atoms with Gasteiger partial charge in [-0.25, -0.2) is 0 Å². The Balaban J connectivity index is 1.82. The van der Waals surface area contributed by atoms with Crippen LogP contribution < -0.4 is 10.1 Å². The maximum absolute atomic E-state index is 6.25. The van der Waals surface area contributed by atoms with Gasteiger partial charge >= 0.3 is 0 Å². The number of nitrogens with one attached hydrogen (secondary N) is 1. The van der Waals surface area contributed by atoms with Gasteiger partial charge in [-0.3, -0.25) is 0 Å². The summed E-state index contributed by atoms with van der Waals surface area (Å²) in [5.41, 5.74) is 2.50. The van der Waals surface area contributed by atoms with Crippen molar-refractivity contribution in [2.75, 3.05) is 13.2 Å². The zero-order chi connectivity index (χ0) is 14.2. The van der Waals surface area contributed by atoms with Gasteiger partial charge in [-0.05, 0) is 53.1 Å². The Morgan fingerprint density at radius 3 is 2.85 bits per heavy atom. The fraction of sp³-hybridized carbons (Fsp3) is 0.375. The molecule has 0 amide bonds. The van der Waals surface area contributed by atoms with E-state index < -0.39 is 0 Å². The van der Waals surface area contributed by atoms with Crippen LogP contribution in [0.1, 0.15) is 24.5 Å². The van der Waals surface area contributed by atoms with Crippen molar-refractivity contribution >= 4 is 22.9 Å². The summed E-state index contributed by atoms with van der Waals surface area (Å²) >= 11 is 7.96. The van der Waals surface area contributed by atoms with E-state index in [4.69, 9.17) is 16.3 Å². The van der Waals surface area contributed by atoms with Crippen LogP contribution in [-0.4, -0.2) is 13.2 Å². The lowest BCUT2D eigenvalue weighted by Crippen LogP contribution is -2.13. The molecule has 0 unspecified atom stereocenters. The van der Waals surface area contributed by atoms with Crippen LogP contribution in [-0.2, 0) is 13.0 Å². The fourth-order valence-corrected chi connectivity index (χ4v) is 2.86. The molecular weight excluding hydrogens is 290 g/mol. The average molecular weight is 310 g/mol. The van der Waals surface area contributed by atoms with Gasteiger partial charge in [0.25, 0.3) is 0 Å². The summed E-state index contributed by atoms with van der Waals surface area (Å²) < 4.78 is 5.74. The van der Waals surface area contributed by atoms with Crippen LogP contribution >= 0.6 is 22.9 Å². The molecule has 1 aromatic heterocycles. The first-order chi connectivity index (χ1) is 9.79. The van der Waals surface area contributed by atoms with Gasteiger partial charge in [0, 0.05) is 13.0 Å². The predicted molar refractivity (Wildman–Crippen MR) is 87.0 cm³/mol. The summed E-state index contributed by atoms with van der Waals surface area (Å²) in [5, 5.41) is 8.28. The molecule has 2 rings (SSSR count). The van der Waals surface area contributed by atoms with Crippen LogP contribution in [0.25, 0.3) is 0 Å². The van der Waals surface area contributed by atoms with Crippen LogP contribution in [0, 0.1) is 0 Å². The molecule has 1 aromatic carbocycles. The van der Waals surface area contributed by atoms with Crippen molar-refractivity contribution in [1.82, 2.24) is 5.32 Å². The molecule has 4 heteroatoms. The molecular formula is C16H20ClNOS. The number of hydrogen-bond donors (Lipinski definition) is 1. The molecule has 1 N–H and O–H groups in total. The molecule has 2 nitrogen and oxygen atoms in total. The standard InChI is InChI=1S/C16H20ClNOS/c1-2-7-18-11-14-3-4-16(15(17)10-14)19-8-5-13-6-9-20-12-13/h3-4,6,9-10,12,18H,2,5,7-8,11H2,1H3. The van der Waals surface area contributed by atoms with E-state index in [1.165, 1.54) is 11.1 Å². The van der Waals surface area contributed by atoms with E-state index in [0.717, 1.165) is 31.7 Å². The van der Waals surface area contributed by atoms with Crippen LogP contribution in [0.15, 0.2) is 35.0 Å². The van der Waals surface area contributed by atoms with E-state index in [0.29, 0.717) is 11.6 Å². The molecule has 0 fully saturated rings. The molecule has 0 aliphatic rings. The second-order valence-corrected chi connectivity index (χ2v) is 5.86. The smallest absolute Gasteiger partial charge is 0.137 e. The Labute approximate surface area is 129 Å². The minimum Gasteiger partial charge on any atom is -0.492 e. The average Bonchev–Trinajstić information content (AvgIpc) is 2.95. The first-order valence-corrected chi connectivity index (χ1v) is 8.24. The number of halogens is 1. The van der Waals surface area contributed by atoms with E-state index in [9.17, 15) is 0 Å².